The summed E-state index contributed by atoms with van der Waals surface area (Å²) >= 11 is 1.36. The summed E-state index contributed by atoms with van der Waals surface area (Å²) in [6, 6.07) is 10.6. The number of primary amides is 1. The van der Waals surface area contributed by atoms with Gasteiger partial charge in [-0.3, -0.25) is 20.4 Å². The van der Waals surface area contributed by atoms with Gasteiger partial charge in [0.15, 0.2) is 6.61 Å². The van der Waals surface area contributed by atoms with Crippen molar-refractivity contribution in [2.75, 3.05) is 6.61 Å². The first-order valence-electron chi connectivity index (χ1n) is 7.78. The van der Waals surface area contributed by atoms with Gasteiger partial charge in [-0.25, -0.2) is 4.79 Å². The first kappa shape index (κ1) is 19.7. The first-order valence-corrected chi connectivity index (χ1v) is 8.66. The monoisotopic (exact) mass is 387 g/mol. The van der Waals surface area contributed by atoms with Gasteiger partial charge in [-0.1, -0.05) is 18.2 Å². The van der Waals surface area contributed by atoms with Crippen LogP contribution in [0.15, 0.2) is 41.8 Å². The van der Waals surface area contributed by atoms with Crippen LogP contribution >= 0.6 is 11.3 Å². The smallest absolute Gasteiger partial charge is 0.312 e. The van der Waals surface area contributed by atoms with E-state index in [0.29, 0.717) is 5.56 Å². The molecule has 1 unspecified atom stereocenters. The fraction of sp³-hybridized carbons (Fsp3) is 0.176. The highest BCUT2D eigenvalue weighted by molar-refractivity contribution is 7.10. The highest BCUT2D eigenvalue weighted by Crippen LogP contribution is 2.21. The minimum Gasteiger partial charge on any atom is -0.482 e. The van der Waals surface area contributed by atoms with Crippen LogP contribution in [0.4, 0.5) is 4.79 Å². The Bertz CT molecular complexity index is 847. The number of benzene rings is 1. The van der Waals surface area contributed by atoms with Crippen LogP contribution in [0.2, 0.25) is 0 Å². The maximum absolute atomic E-state index is 12.0. The zero-order chi connectivity index (χ0) is 19.6. The number of nitriles is 1. The lowest BCUT2D eigenvalue weighted by atomic mass is 10.1. The molecule has 0 radical (unpaired) electrons. The molecule has 2 rings (SSSR count). The molecule has 1 heterocycles. The summed E-state index contributed by atoms with van der Waals surface area (Å²) in [4.78, 5) is 35.7. The summed E-state index contributed by atoms with van der Waals surface area (Å²) < 4.78 is 5.26. The second-order valence-corrected chi connectivity index (χ2v) is 6.25. The van der Waals surface area contributed by atoms with Crippen molar-refractivity contribution in [2.24, 2.45) is 5.73 Å². The number of hydrogen-bond acceptors (Lipinski definition) is 6. The summed E-state index contributed by atoms with van der Waals surface area (Å²) in [6.07, 6.45) is -0.109. The van der Waals surface area contributed by atoms with Gasteiger partial charge in [0.1, 0.15) is 11.8 Å². The number of ether oxygens (including phenoxy) is 1. The van der Waals surface area contributed by atoms with Crippen molar-refractivity contribution in [2.45, 2.75) is 12.5 Å². The Balaban J connectivity index is 1.81. The van der Waals surface area contributed by atoms with Crippen molar-refractivity contribution in [3.8, 4) is 11.8 Å². The van der Waals surface area contributed by atoms with Crippen LogP contribution in [0, 0.1) is 11.3 Å². The quantitative estimate of drug-likeness (QED) is 0.522. The van der Waals surface area contributed by atoms with E-state index in [2.05, 4.69) is 16.2 Å². The van der Waals surface area contributed by atoms with Crippen molar-refractivity contribution < 1.29 is 19.1 Å². The van der Waals surface area contributed by atoms with E-state index in [1.165, 1.54) is 11.3 Å². The van der Waals surface area contributed by atoms with Crippen molar-refractivity contribution >= 4 is 29.2 Å². The SMILES string of the molecule is N#Cc1ccccc1OCC(=O)NNC(=O)CC(NC(N)=O)c1cccs1. The van der Waals surface area contributed by atoms with Gasteiger partial charge in [-0.15, -0.1) is 11.3 Å². The Morgan fingerprint density at radius 1 is 1.15 bits per heavy atom. The summed E-state index contributed by atoms with van der Waals surface area (Å²) in [5.74, 6) is -0.857. The second-order valence-electron chi connectivity index (χ2n) is 5.27. The Kier molecular flexibility index (Phi) is 7.16. The highest BCUT2D eigenvalue weighted by atomic mass is 32.1. The number of hydrogen-bond donors (Lipinski definition) is 4. The van der Waals surface area contributed by atoms with Crippen molar-refractivity contribution in [3.05, 3.63) is 52.2 Å². The molecule has 0 fully saturated rings. The third-order valence-corrected chi connectivity index (χ3v) is 4.29. The van der Waals surface area contributed by atoms with Crippen LogP contribution in [0.25, 0.3) is 0 Å². The van der Waals surface area contributed by atoms with E-state index in [4.69, 9.17) is 15.7 Å². The van der Waals surface area contributed by atoms with Gasteiger partial charge in [0.2, 0.25) is 5.91 Å². The van der Waals surface area contributed by atoms with Gasteiger partial charge in [-0.2, -0.15) is 5.26 Å². The number of amides is 4. The summed E-state index contributed by atoms with van der Waals surface area (Å²) in [7, 11) is 0. The molecular weight excluding hydrogens is 370 g/mol. The minimum absolute atomic E-state index is 0.109. The molecule has 10 heteroatoms. The molecule has 4 amide bonds. The number of para-hydroxylation sites is 1. The molecule has 1 atom stereocenters. The fourth-order valence-electron chi connectivity index (χ4n) is 2.12. The molecule has 0 spiro atoms. The van der Waals surface area contributed by atoms with Gasteiger partial charge in [0.25, 0.3) is 5.91 Å². The number of nitrogens with zero attached hydrogens (tertiary/aromatic N) is 1. The number of urea groups is 1. The molecule has 5 N–H and O–H groups in total. The Labute approximate surface area is 159 Å². The molecule has 1 aromatic carbocycles. The molecule has 0 aliphatic heterocycles. The predicted molar refractivity (Wildman–Crippen MR) is 97.3 cm³/mol. The van der Waals surface area contributed by atoms with Crippen molar-refractivity contribution in [3.63, 3.8) is 0 Å². The van der Waals surface area contributed by atoms with E-state index in [-0.39, 0.29) is 18.8 Å². The van der Waals surface area contributed by atoms with Crippen LogP contribution in [0.5, 0.6) is 5.75 Å². The number of carbonyl (C=O) groups excluding carboxylic acids is 3. The normalized spacial score (nSPS) is 10.9. The van der Waals surface area contributed by atoms with E-state index in [1.807, 2.05) is 6.07 Å². The van der Waals surface area contributed by atoms with Crippen LogP contribution < -0.4 is 26.6 Å². The van der Waals surface area contributed by atoms with E-state index < -0.39 is 23.9 Å². The largest absolute Gasteiger partial charge is 0.482 e. The number of nitrogens with one attached hydrogen (secondary N) is 3. The van der Waals surface area contributed by atoms with E-state index in [1.54, 1.807) is 41.8 Å². The molecule has 0 saturated heterocycles. The number of rotatable bonds is 7. The minimum atomic E-state index is -0.755. The van der Waals surface area contributed by atoms with Crippen LogP contribution in [0.1, 0.15) is 22.9 Å². The Morgan fingerprint density at radius 3 is 2.56 bits per heavy atom. The van der Waals surface area contributed by atoms with Gasteiger partial charge in [0, 0.05) is 4.88 Å². The van der Waals surface area contributed by atoms with Gasteiger partial charge in [0.05, 0.1) is 18.0 Å². The Morgan fingerprint density at radius 2 is 1.89 bits per heavy atom. The summed E-state index contributed by atoms with van der Waals surface area (Å²) in [6.45, 7) is -0.382. The average molecular weight is 387 g/mol. The standard InChI is InChI=1S/C17H17N5O4S/c18-9-11-4-1-2-5-13(11)26-10-16(24)22-21-15(23)8-12(20-17(19)25)14-6-3-7-27-14/h1-7,12H,8,10H2,(H,21,23)(H,22,24)(H3,19,20,25). The van der Waals surface area contributed by atoms with Gasteiger partial charge < -0.3 is 15.8 Å². The molecule has 140 valence electrons. The maximum Gasteiger partial charge on any atom is 0.312 e. The zero-order valence-corrected chi connectivity index (χ0v) is 14.9. The maximum atomic E-state index is 12.0. The predicted octanol–water partition coefficient (Wildman–Crippen LogP) is 0.946. The lowest BCUT2D eigenvalue weighted by molar-refractivity contribution is -0.130. The Hall–Kier alpha value is -3.58. The average Bonchev–Trinajstić information content (AvgIpc) is 3.18. The molecule has 1 aromatic heterocycles. The second kappa shape index (κ2) is 9.79. The lowest BCUT2D eigenvalue weighted by Crippen LogP contribution is -2.45. The third kappa shape index (κ3) is 6.33. The van der Waals surface area contributed by atoms with E-state index in [9.17, 15) is 14.4 Å². The van der Waals surface area contributed by atoms with Gasteiger partial charge in [-0.05, 0) is 23.6 Å². The molecule has 9 nitrogen and oxygen atoms in total. The van der Waals surface area contributed by atoms with Gasteiger partial charge >= 0.3 is 6.03 Å². The lowest BCUT2D eigenvalue weighted by Gasteiger charge is -2.16. The molecule has 27 heavy (non-hydrogen) atoms. The number of carbonyl (C=O) groups is 3. The number of hydrazine groups is 1. The molecule has 2 aromatic rings. The topological polar surface area (TPSA) is 146 Å². The number of thiophene rings is 1. The molecule has 0 bridgehead atoms. The third-order valence-electron chi connectivity index (χ3n) is 3.30. The van der Waals surface area contributed by atoms with E-state index in [0.717, 1.165) is 4.88 Å². The molecule has 0 aliphatic carbocycles. The molecule has 0 saturated carbocycles. The molecule has 0 aliphatic rings. The summed E-state index contributed by atoms with van der Waals surface area (Å²) in [5, 5.41) is 13.2. The van der Waals surface area contributed by atoms with Crippen LogP contribution in [-0.4, -0.2) is 24.5 Å². The molecular formula is C17H17N5O4S. The first-order chi connectivity index (χ1) is 13.0. The van der Waals surface area contributed by atoms with Crippen LogP contribution in [-0.2, 0) is 9.59 Å². The van der Waals surface area contributed by atoms with E-state index >= 15 is 0 Å². The van der Waals surface area contributed by atoms with Crippen molar-refractivity contribution in [1.29, 1.82) is 5.26 Å². The number of nitrogens with two attached hydrogens (primary N) is 1. The van der Waals surface area contributed by atoms with Crippen molar-refractivity contribution in [1.82, 2.24) is 16.2 Å². The fourth-order valence-corrected chi connectivity index (χ4v) is 2.90. The zero-order valence-electron chi connectivity index (χ0n) is 14.1. The van der Waals surface area contributed by atoms with Crippen LogP contribution in [0.3, 0.4) is 0 Å². The summed E-state index contributed by atoms with van der Waals surface area (Å²) in [5.41, 5.74) is 9.88. The highest BCUT2D eigenvalue weighted by Gasteiger charge is 2.18.